The van der Waals surface area contributed by atoms with Gasteiger partial charge in [0.1, 0.15) is 12.6 Å². The lowest BCUT2D eigenvalue weighted by Gasteiger charge is -2.26. The van der Waals surface area contributed by atoms with E-state index in [9.17, 15) is 9.59 Å². The van der Waals surface area contributed by atoms with Crippen molar-refractivity contribution < 1.29 is 23.8 Å². The van der Waals surface area contributed by atoms with E-state index in [-0.39, 0.29) is 26.5 Å². The Morgan fingerprint density at radius 1 is 1.19 bits per heavy atom. The summed E-state index contributed by atoms with van der Waals surface area (Å²) in [5.74, 6) is 0.127. The summed E-state index contributed by atoms with van der Waals surface area (Å²) in [5, 5.41) is 13.3. The van der Waals surface area contributed by atoms with E-state index in [1.54, 1.807) is 23.1 Å². The highest BCUT2D eigenvalue weighted by Crippen LogP contribution is 2.22. The summed E-state index contributed by atoms with van der Waals surface area (Å²) in [7, 11) is 0. The Kier molecular flexibility index (Phi) is 9.37. The first-order valence-electron chi connectivity index (χ1n) is 11.4. The summed E-state index contributed by atoms with van der Waals surface area (Å²) in [5.41, 5.74) is 6.62. The minimum atomic E-state index is -1.09. The van der Waals surface area contributed by atoms with Gasteiger partial charge in [0.15, 0.2) is 5.82 Å². The molecule has 4 rings (SSSR count). The van der Waals surface area contributed by atoms with E-state index in [1.807, 2.05) is 35.7 Å². The third-order valence-corrected chi connectivity index (χ3v) is 6.32. The van der Waals surface area contributed by atoms with Gasteiger partial charge in [-0.15, -0.1) is 21.5 Å². The van der Waals surface area contributed by atoms with Gasteiger partial charge < -0.3 is 30.2 Å². The molecule has 0 bridgehead atoms. The zero-order valence-electron chi connectivity index (χ0n) is 19.8. The van der Waals surface area contributed by atoms with E-state index >= 15 is 0 Å². The van der Waals surface area contributed by atoms with Crippen LogP contribution in [0.5, 0.6) is 0 Å². The second-order valence-electron chi connectivity index (χ2n) is 8.81. The fourth-order valence-corrected chi connectivity index (χ4v) is 4.31. The molecule has 0 spiro atoms. The van der Waals surface area contributed by atoms with Crippen molar-refractivity contribution in [1.29, 1.82) is 0 Å². The standard InChI is InChI=1S/C23H30N6O5S.CH4/c1-23(2,24)20(30)25-18(14-33-12-16-6-4-3-5-7-16)19-26-27-21-29(19)17(15-35-21)13-34-22(31)28-8-10-32-11-9-28;/h3-7,15,18H,8-14,24H2,1-2H3,(H,25,30);1H4/t18-;/m1./s1. The number of hydrogen-bond acceptors (Lipinski definition) is 9. The highest BCUT2D eigenvalue weighted by atomic mass is 32.1. The van der Waals surface area contributed by atoms with Gasteiger partial charge in [-0.05, 0) is 19.4 Å². The number of amides is 2. The summed E-state index contributed by atoms with van der Waals surface area (Å²) >= 11 is 1.37. The van der Waals surface area contributed by atoms with E-state index in [1.165, 1.54) is 11.3 Å². The number of carbonyl (C=O) groups excluding carboxylic acids is 2. The smallest absolute Gasteiger partial charge is 0.410 e. The number of morpholine rings is 1. The SMILES string of the molecule is C.CC(C)(N)C(=O)N[C@H](COCc1ccccc1)c1nnc2scc(COC(=O)N3CCOCC3)n12. The van der Waals surface area contributed by atoms with Gasteiger partial charge >= 0.3 is 6.09 Å². The van der Waals surface area contributed by atoms with Crippen LogP contribution < -0.4 is 11.1 Å². The summed E-state index contributed by atoms with van der Waals surface area (Å²) in [6.45, 7) is 5.80. The van der Waals surface area contributed by atoms with Crippen LogP contribution in [0.4, 0.5) is 4.79 Å². The quantitative estimate of drug-likeness (QED) is 0.441. The lowest BCUT2D eigenvalue weighted by Crippen LogP contribution is -2.51. The molecule has 0 unspecified atom stereocenters. The number of thiazole rings is 1. The maximum Gasteiger partial charge on any atom is 0.410 e. The number of rotatable bonds is 9. The van der Waals surface area contributed by atoms with Gasteiger partial charge in [-0.3, -0.25) is 9.20 Å². The van der Waals surface area contributed by atoms with E-state index in [2.05, 4.69) is 15.5 Å². The van der Waals surface area contributed by atoms with Crippen LogP contribution in [0.2, 0.25) is 0 Å². The fourth-order valence-electron chi connectivity index (χ4n) is 3.49. The molecule has 1 aliphatic heterocycles. The maximum absolute atomic E-state index is 12.7. The molecule has 1 saturated heterocycles. The van der Waals surface area contributed by atoms with Gasteiger partial charge in [0.2, 0.25) is 10.9 Å². The number of aromatic nitrogens is 3. The third kappa shape index (κ3) is 6.78. The van der Waals surface area contributed by atoms with Crippen molar-refractivity contribution in [1.82, 2.24) is 24.8 Å². The number of benzene rings is 1. The molecule has 0 radical (unpaired) electrons. The number of nitrogens with zero attached hydrogens (tertiary/aromatic N) is 4. The molecule has 0 saturated carbocycles. The summed E-state index contributed by atoms with van der Waals surface area (Å²) < 4.78 is 18.5. The first-order chi connectivity index (χ1) is 16.8. The number of fused-ring (bicyclic) bond motifs is 1. The summed E-state index contributed by atoms with van der Waals surface area (Å²) in [4.78, 5) is 27.4. The van der Waals surface area contributed by atoms with Gasteiger partial charge in [-0.2, -0.15) is 0 Å². The molecule has 1 fully saturated rings. The fraction of sp³-hybridized carbons (Fsp3) is 0.500. The Labute approximate surface area is 214 Å². The highest BCUT2D eigenvalue weighted by Gasteiger charge is 2.29. The van der Waals surface area contributed by atoms with Crippen molar-refractivity contribution in [3.63, 3.8) is 0 Å². The normalized spacial score (nSPS) is 14.8. The van der Waals surface area contributed by atoms with Crippen molar-refractivity contribution in [2.45, 2.75) is 46.1 Å². The monoisotopic (exact) mass is 518 g/mol. The van der Waals surface area contributed by atoms with Gasteiger partial charge in [0.25, 0.3) is 0 Å². The largest absolute Gasteiger partial charge is 0.443 e. The zero-order chi connectivity index (χ0) is 24.8. The van der Waals surface area contributed by atoms with Crippen LogP contribution in [0.1, 0.15) is 44.4 Å². The molecule has 196 valence electrons. The topological polar surface area (TPSA) is 133 Å². The molecule has 3 aromatic rings. The number of nitrogens with two attached hydrogens (primary N) is 1. The first-order valence-corrected chi connectivity index (χ1v) is 12.2. The minimum absolute atomic E-state index is 0. The van der Waals surface area contributed by atoms with E-state index in [0.29, 0.717) is 49.4 Å². The van der Waals surface area contributed by atoms with Crippen LogP contribution in [0.3, 0.4) is 0 Å². The van der Waals surface area contributed by atoms with Crippen LogP contribution in [0.15, 0.2) is 35.7 Å². The lowest BCUT2D eigenvalue weighted by atomic mass is 10.1. The summed E-state index contributed by atoms with van der Waals surface area (Å²) in [6, 6.07) is 9.12. The van der Waals surface area contributed by atoms with E-state index in [0.717, 1.165) is 5.56 Å². The molecular formula is C24H34N6O5S. The van der Waals surface area contributed by atoms with Gasteiger partial charge in [-0.1, -0.05) is 37.8 Å². The van der Waals surface area contributed by atoms with E-state index in [4.69, 9.17) is 19.9 Å². The predicted octanol–water partition coefficient (Wildman–Crippen LogP) is 2.51. The van der Waals surface area contributed by atoms with Crippen molar-refractivity contribution >= 4 is 28.3 Å². The van der Waals surface area contributed by atoms with Crippen LogP contribution in [-0.2, 0) is 32.2 Å². The minimum Gasteiger partial charge on any atom is -0.443 e. The molecule has 2 amide bonds. The molecule has 3 N–H and O–H groups in total. The molecule has 36 heavy (non-hydrogen) atoms. The molecule has 1 aliphatic rings. The number of carbonyl (C=O) groups is 2. The first kappa shape index (κ1) is 27.5. The lowest BCUT2D eigenvalue weighted by molar-refractivity contribution is -0.126. The van der Waals surface area contributed by atoms with Crippen LogP contribution in [-0.4, -0.2) is 69.9 Å². The molecule has 1 atom stereocenters. The Balaban J connectivity index is 0.00000361. The van der Waals surface area contributed by atoms with Crippen molar-refractivity contribution in [3.8, 4) is 0 Å². The molecule has 1 aromatic carbocycles. The Morgan fingerprint density at radius 2 is 1.92 bits per heavy atom. The second-order valence-corrected chi connectivity index (χ2v) is 9.64. The summed E-state index contributed by atoms with van der Waals surface area (Å²) in [6.07, 6.45) is -0.400. The second kappa shape index (κ2) is 12.3. The zero-order valence-corrected chi connectivity index (χ0v) is 20.6. The maximum atomic E-state index is 12.7. The average Bonchev–Trinajstić information content (AvgIpc) is 3.45. The molecule has 2 aromatic heterocycles. The van der Waals surface area contributed by atoms with Crippen LogP contribution in [0, 0.1) is 0 Å². The Hall–Kier alpha value is -3.06. The molecule has 11 nitrogen and oxygen atoms in total. The van der Waals surface area contributed by atoms with Gasteiger partial charge in [0, 0.05) is 18.5 Å². The Morgan fingerprint density at radius 3 is 2.61 bits per heavy atom. The van der Waals surface area contributed by atoms with Crippen LogP contribution >= 0.6 is 11.3 Å². The molecule has 12 heteroatoms. The van der Waals surface area contributed by atoms with E-state index < -0.39 is 17.7 Å². The number of ether oxygens (including phenoxy) is 3. The van der Waals surface area contributed by atoms with Gasteiger partial charge in [-0.25, -0.2) is 4.79 Å². The Bertz CT molecular complexity index is 1140. The van der Waals surface area contributed by atoms with Gasteiger partial charge in [0.05, 0.1) is 37.7 Å². The molecule has 3 heterocycles. The van der Waals surface area contributed by atoms with Crippen molar-refractivity contribution in [3.05, 3.63) is 52.8 Å². The molecule has 0 aliphatic carbocycles. The van der Waals surface area contributed by atoms with Crippen LogP contribution in [0.25, 0.3) is 4.96 Å². The predicted molar refractivity (Wildman–Crippen MR) is 135 cm³/mol. The molecular weight excluding hydrogens is 484 g/mol. The third-order valence-electron chi connectivity index (χ3n) is 5.46. The van der Waals surface area contributed by atoms with Crippen molar-refractivity contribution in [2.75, 3.05) is 32.9 Å². The number of hydrogen-bond donors (Lipinski definition) is 2. The average molecular weight is 519 g/mol. The van der Waals surface area contributed by atoms with Crippen molar-refractivity contribution in [2.24, 2.45) is 5.73 Å². The number of nitrogens with one attached hydrogen (secondary N) is 1. The highest BCUT2D eigenvalue weighted by molar-refractivity contribution is 7.15.